The van der Waals surface area contributed by atoms with Gasteiger partial charge in [-0.25, -0.2) is 0 Å². The largest absolute Gasteiger partial charge is 0.319 e. The van der Waals surface area contributed by atoms with E-state index in [-0.39, 0.29) is 0 Å². The molecule has 0 amide bonds. The third kappa shape index (κ3) is 1.69. The standard InChI is InChI=1S/C16H17NO/c1-11-6-7-12(2)17(11)14-8-9-15-13(10-14)4-3-5-16(15)18/h6-10H,3-5H2,1-2H3. The van der Waals surface area contributed by atoms with Gasteiger partial charge in [0.25, 0.3) is 0 Å². The first kappa shape index (κ1) is 11.3. The number of hydrogen-bond acceptors (Lipinski definition) is 1. The number of nitrogens with zero attached hydrogens (tertiary/aromatic N) is 1. The van der Waals surface area contributed by atoms with Crippen molar-refractivity contribution in [2.24, 2.45) is 0 Å². The first-order valence-corrected chi connectivity index (χ1v) is 6.48. The predicted octanol–water partition coefficient (Wildman–Crippen LogP) is 3.61. The Labute approximate surface area is 107 Å². The van der Waals surface area contributed by atoms with Gasteiger partial charge in [0.1, 0.15) is 0 Å². The molecule has 0 radical (unpaired) electrons. The van der Waals surface area contributed by atoms with Gasteiger partial charge in [0.2, 0.25) is 0 Å². The maximum Gasteiger partial charge on any atom is 0.163 e. The highest BCUT2D eigenvalue weighted by atomic mass is 16.1. The molecule has 2 aromatic rings. The normalized spacial score (nSPS) is 14.7. The van der Waals surface area contributed by atoms with Crippen LogP contribution in [0.15, 0.2) is 30.3 Å². The van der Waals surface area contributed by atoms with E-state index in [4.69, 9.17) is 0 Å². The summed E-state index contributed by atoms with van der Waals surface area (Å²) in [4.78, 5) is 11.8. The molecule has 92 valence electrons. The summed E-state index contributed by atoms with van der Waals surface area (Å²) >= 11 is 0. The molecule has 0 spiro atoms. The van der Waals surface area contributed by atoms with Crippen molar-refractivity contribution < 1.29 is 4.79 Å². The Morgan fingerprint density at radius 1 is 1.00 bits per heavy atom. The maximum absolute atomic E-state index is 11.8. The van der Waals surface area contributed by atoms with Crippen molar-refractivity contribution in [1.29, 1.82) is 0 Å². The van der Waals surface area contributed by atoms with E-state index in [9.17, 15) is 4.79 Å². The molecular formula is C16H17NO. The predicted molar refractivity (Wildman–Crippen MR) is 72.5 cm³/mol. The number of carbonyl (C=O) groups is 1. The van der Waals surface area contributed by atoms with E-state index in [1.165, 1.54) is 22.6 Å². The molecule has 0 saturated carbocycles. The van der Waals surface area contributed by atoms with Crippen molar-refractivity contribution in [2.75, 3.05) is 0 Å². The average Bonchev–Trinajstić information content (AvgIpc) is 2.69. The van der Waals surface area contributed by atoms with E-state index in [2.05, 4.69) is 42.7 Å². The van der Waals surface area contributed by atoms with E-state index in [0.29, 0.717) is 12.2 Å². The van der Waals surface area contributed by atoms with Crippen LogP contribution in [0, 0.1) is 13.8 Å². The van der Waals surface area contributed by atoms with Crippen LogP contribution in [-0.4, -0.2) is 10.4 Å². The summed E-state index contributed by atoms with van der Waals surface area (Å²) in [5.41, 5.74) is 5.76. The number of fused-ring (bicyclic) bond motifs is 1. The fraction of sp³-hybridized carbons (Fsp3) is 0.312. The lowest BCUT2D eigenvalue weighted by Gasteiger charge is -2.17. The monoisotopic (exact) mass is 239 g/mol. The van der Waals surface area contributed by atoms with Gasteiger partial charge >= 0.3 is 0 Å². The molecule has 0 fully saturated rings. The lowest BCUT2D eigenvalue weighted by molar-refractivity contribution is 0.0972. The molecule has 0 bridgehead atoms. The molecule has 1 heterocycles. The zero-order chi connectivity index (χ0) is 12.7. The highest BCUT2D eigenvalue weighted by Crippen LogP contribution is 2.25. The van der Waals surface area contributed by atoms with Crippen molar-refractivity contribution in [3.63, 3.8) is 0 Å². The van der Waals surface area contributed by atoms with Gasteiger partial charge in [0.05, 0.1) is 0 Å². The van der Waals surface area contributed by atoms with Gasteiger partial charge < -0.3 is 4.57 Å². The van der Waals surface area contributed by atoms with E-state index in [1.54, 1.807) is 0 Å². The average molecular weight is 239 g/mol. The highest BCUT2D eigenvalue weighted by Gasteiger charge is 2.17. The van der Waals surface area contributed by atoms with Crippen LogP contribution in [-0.2, 0) is 6.42 Å². The van der Waals surface area contributed by atoms with Crippen LogP contribution in [0.4, 0.5) is 0 Å². The minimum atomic E-state index is 0.295. The van der Waals surface area contributed by atoms with Gasteiger partial charge in [-0.3, -0.25) is 4.79 Å². The molecule has 1 aliphatic rings. The fourth-order valence-corrected chi connectivity index (χ4v) is 2.85. The van der Waals surface area contributed by atoms with Crippen molar-refractivity contribution >= 4 is 5.78 Å². The van der Waals surface area contributed by atoms with Gasteiger partial charge in [-0.05, 0) is 62.6 Å². The molecule has 0 saturated heterocycles. The van der Waals surface area contributed by atoms with Crippen LogP contribution in [0.2, 0.25) is 0 Å². The van der Waals surface area contributed by atoms with Crippen molar-refractivity contribution in [3.05, 3.63) is 52.8 Å². The number of ketones is 1. The summed E-state index contributed by atoms with van der Waals surface area (Å²) in [7, 11) is 0. The summed E-state index contributed by atoms with van der Waals surface area (Å²) in [6.07, 6.45) is 2.71. The van der Waals surface area contributed by atoms with Crippen molar-refractivity contribution in [3.8, 4) is 5.69 Å². The molecule has 2 heteroatoms. The summed E-state index contributed by atoms with van der Waals surface area (Å²) in [5.74, 6) is 0.295. The molecule has 0 aliphatic heterocycles. The Hall–Kier alpha value is -1.83. The molecule has 1 aromatic heterocycles. The Morgan fingerprint density at radius 2 is 1.72 bits per heavy atom. The lowest BCUT2D eigenvalue weighted by atomic mass is 9.90. The summed E-state index contributed by atoms with van der Waals surface area (Å²) in [6, 6.07) is 10.5. The Morgan fingerprint density at radius 3 is 2.44 bits per heavy atom. The van der Waals surface area contributed by atoms with Crippen LogP contribution < -0.4 is 0 Å². The van der Waals surface area contributed by atoms with Crippen LogP contribution >= 0.6 is 0 Å². The van der Waals surface area contributed by atoms with Crippen molar-refractivity contribution in [1.82, 2.24) is 4.57 Å². The number of carbonyl (C=O) groups excluding carboxylic acids is 1. The zero-order valence-corrected chi connectivity index (χ0v) is 10.9. The third-order valence-corrected chi connectivity index (χ3v) is 3.77. The molecule has 1 aromatic carbocycles. The van der Waals surface area contributed by atoms with Crippen LogP contribution in [0.25, 0.3) is 5.69 Å². The second kappa shape index (κ2) is 4.13. The molecule has 3 rings (SSSR count). The molecular weight excluding hydrogens is 222 g/mol. The second-order valence-electron chi connectivity index (χ2n) is 5.07. The summed E-state index contributed by atoms with van der Waals surface area (Å²) < 4.78 is 2.24. The molecule has 0 N–H and O–H groups in total. The SMILES string of the molecule is Cc1ccc(C)n1-c1ccc2c(c1)CCCC2=O. The number of aromatic nitrogens is 1. The number of rotatable bonds is 1. The Kier molecular flexibility index (Phi) is 2.58. The van der Waals surface area contributed by atoms with Crippen LogP contribution in [0.1, 0.15) is 40.2 Å². The van der Waals surface area contributed by atoms with Gasteiger partial charge in [-0.2, -0.15) is 0 Å². The van der Waals surface area contributed by atoms with E-state index >= 15 is 0 Å². The minimum absolute atomic E-state index is 0.295. The van der Waals surface area contributed by atoms with Crippen LogP contribution in [0.3, 0.4) is 0 Å². The molecule has 18 heavy (non-hydrogen) atoms. The van der Waals surface area contributed by atoms with Gasteiger partial charge in [-0.15, -0.1) is 0 Å². The zero-order valence-electron chi connectivity index (χ0n) is 10.9. The number of Topliss-reactive ketones (excluding diaryl/α,β-unsaturated/α-hetero) is 1. The number of benzene rings is 1. The molecule has 2 nitrogen and oxygen atoms in total. The summed E-state index contributed by atoms with van der Waals surface area (Å²) in [5, 5.41) is 0. The minimum Gasteiger partial charge on any atom is -0.319 e. The Bertz CT molecular complexity index is 603. The van der Waals surface area contributed by atoms with Gasteiger partial charge in [0, 0.05) is 29.1 Å². The topological polar surface area (TPSA) is 22.0 Å². The van der Waals surface area contributed by atoms with Crippen LogP contribution in [0.5, 0.6) is 0 Å². The number of hydrogen-bond donors (Lipinski definition) is 0. The first-order valence-electron chi connectivity index (χ1n) is 6.48. The first-order chi connectivity index (χ1) is 8.66. The quantitative estimate of drug-likeness (QED) is 0.745. The summed E-state index contributed by atoms with van der Waals surface area (Å²) in [6.45, 7) is 4.22. The maximum atomic E-state index is 11.8. The van der Waals surface area contributed by atoms with Gasteiger partial charge in [-0.1, -0.05) is 0 Å². The third-order valence-electron chi connectivity index (χ3n) is 3.77. The van der Waals surface area contributed by atoms with Crippen molar-refractivity contribution in [2.45, 2.75) is 33.1 Å². The second-order valence-corrected chi connectivity index (χ2v) is 5.07. The van der Waals surface area contributed by atoms with Gasteiger partial charge in [0.15, 0.2) is 5.78 Å². The molecule has 0 atom stereocenters. The smallest absolute Gasteiger partial charge is 0.163 e. The molecule has 0 unspecified atom stereocenters. The highest BCUT2D eigenvalue weighted by molar-refractivity contribution is 5.98. The lowest BCUT2D eigenvalue weighted by Crippen LogP contribution is -2.11. The van der Waals surface area contributed by atoms with E-state index < -0.39 is 0 Å². The number of aryl methyl sites for hydroxylation is 3. The van der Waals surface area contributed by atoms with E-state index in [1.807, 2.05) is 6.07 Å². The molecule has 1 aliphatic carbocycles. The van der Waals surface area contributed by atoms with E-state index in [0.717, 1.165) is 18.4 Å². The fourth-order valence-electron chi connectivity index (χ4n) is 2.85. The Balaban J connectivity index is 2.13.